The quantitative estimate of drug-likeness (QED) is 0.871. The Morgan fingerprint density at radius 3 is 2.18 bits per heavy atom. The highest BCUT2D eigenvalue weighted by Gasteiger charge is 2.25. The normalized spacial score (nSPS) is 12.4. The summed E-state index contributed by atoms with van der Waals surface area (Å²) in [6, 6.07) is -0.0148. The molecule has 0 saturated heterocycles. The van der Waals surface area contributed by atoms with Crippen LogP contribution in [0.15, 0.2) is 4.90 Å². The first kappa shape index (κ1) is 14.2. The minimum atomic E-state index is -3.46. The van der Waals surface area contributed by atoms with Gasteiger partial charge in [0.05, 0.1) is 11.4 Å². The Kier molecular flexibility index (Phi) is 4.32. The summed E-state index contributed by atoms with van der Waals surface area (Å²) in [6.45, 7) is 7.43. The summed E-state index contributed by atoms with van der Waals surface area (Å²) in [7, 11) is -1.71. The van der Waals surface area contributed by atoms with Gasteiger partial charge in [0.25, 0.3) is 0 Å². The Morgan fingerprint density at radius 1 is 1.29 bits per heavy atom. The lowest BCUT2D eigenvalue weighted by Gasteiger charge is -2.15. The Hall–Kier alpha value is -0.880. The molecule has 0 spiro atoms. The van der Waals surface area contributed by atoms with Crippen molar-refractivity contribution in [2.24, 2.45) is 7.05 Å². The second kappa shape index (κ2) is 5.18. The zero-order valence-electron chi connectivity index (χ0n) is 11.1. The maximum atomic E-state index is 12.3. The highest BCUT2D eigenvalue weighted by Crippen LogP contribution is 2.19. The summed E-state index contributed by atoms with van der Waals surface area (Å²) in [6.07, 6.45) is 1.57. The van der Waals surface area contributed by atoms with E-state index in [2.05, 4.69) is 9.82 Å². The van der Waals surface area contributed by atoms with Gasteiger partial charge in [0.2, 0.25) is 10.0 Å². The molecular weight excluding hydrogens is 238 g/mol. The number of hydrogen-bond donors (Lipinski definition) is 1. The van der Waals surface area contributed by atoms with Crippen molar-refractivity contribution in [2.75, 3.05) is 0 Å². The summed E-state index contributed by atoms with van der Waals surface area (Å²) >= 11 is 0. The van der Waals surface area contributed by atoms with E-state index < -0.39 is 10.0 Å². The van der Waals surface area contributed by atoms with Crippen LogP contribution in [0.4, 0.5) is 0 Å². The molecule has 0 saturated carbocycles. The van der Waals surface area contributed by atoms with Crippen LogP contribution >= 0.6 is 0 Å². The maximum Gasteiger partial charge on any atom is 0.244 e. The summed E-state index contributed by atoms with van der Waals surface area (Å²) in [4.78, 5) is 0.312. The summed E-state index contributed by atoms with van der Waals surface area (Å²) < 4.78 is 28.8. The van der Waals surface area contributed by atoms with Crippen LogP contribution in [0.25, 0.3) is 0 Å². The molecule has 0 radical (unpaired) electrons. The maximum absolute atomic E-state index is 12.3. The summed E-state index contributed by atoms with van der Waals surface area (Å²) in [5.74, 6) is 0. The molecule has 0 aliphatic rings. The molecule has 98 valence electrons. The lowest BCUT2D eigenvalue weighted by molar-refractivity contribution is 0.529. The molecule has 0 aliphatic carbocycles. The van der Waals surface area contributed by atoms with Crippen molar-refractivity contribution in [3.05, 3.63) is 11.4 Å². The number of rotatable bonds is 5. The van der Waals surface area contributed by atoms with Crippen LogP contribution in [0.5, 0.6) is 0 Å². The smallest absolute Gasteiger partial charge is 0.244 e. The van der Waals surface area contributed by atoms with Gasteiger partial charge >= 0.3 is 0 Å². The van der Waals surface area contributed by atoms with E-state index in [0.717, 1.165) is 12.8 Å². The zero-order chi connectivity index (χ0) is 13.2. The van der Waals surface area contributed by atoms with Gasteiger partial charge in [0.15, 0.2) is 0 Å². The second-order valence-electron chi connectivity index (χ2n) is 4.26. The second-order valence-corrected chi connectivity index (χ2v) is 5.91. The van der Waals surface area contributed by atoms with Crippen molar-refractivity contribution in [3.8, 4) is 0 Å². The van der Waals surface area contributed by atoms with Crippen LogP contribution in [0.1, 0.15) is 38.1 Å². The zero-order valence-corrected chi connectivity index (χ0v) is 11.9. The van der Waals surface area contributed by atoms with Gasteiger partial charge in [-0.1, -0.05) is 13.8 Å². The average Bonchev–Trinajstić information content (AvgIpc) is 2.50. The predicted octanol–water partition coefficient (Wildman–Crippen LogP) is 1.50. The SMILES string of the molecule is CCC(CC)NS(=O)(=O)c1c(C)nn(C)c1C. The average molecular weight is 259 g/mol. The molecule has 1 aromatic rings. The van der Waals surface area contributed by atoms with Gasteiger partial charge in [-0.2, -0.15) is 5.10 Å². The molecule has 0 aliphatic heterocycles. The molecule has 0 fully saturated rings. The van der Waals surface area contributed by atoms with Crippen LogP contribution in [0, 0.1) is 13.8 Å². The van der Waals surface area contributed by atoms with Gasteiger partial charge < -0.3 is 0 Å². The van der Waals surface area contributed by atoms with Gasteiger partial charge in [0, 0.05) is 13.1 Å². The van der Waals surface area contributed by atoms with E-state index in [1.54, 1.807) is 25.6 Å². The summed E-state index contributed by atoms with van der Waals surface area (Å²) in [5.41, 5.74) is 1.21. The van der Waals surface area contributed by atoms with Crippen molar-refractivity contribution < 1.29 is 8.42 Å². The molecule has 6 heteroatoms. The van der Waals surface area contributed by atoms with E-state index in [9.17, 15) is 8.42 Å². The minimum Gasteiger partial charge on any atom is -0.271 e. The van der Waals surface area contributed by atoms with E-state index in [1.165, 1.54) is 0 Å². The van der Waals surface area contributed by atoms with Crippen molar-refractivity contribution in [1.29, 1.82) is 0 Å². The van der Waals surface area contributed by atoms with Crippen LogP contribution in [-0.4, -0.2) is 24.2 Å². The standard InChI is InChI=1S/C11H21N3O2S/c1-6-10(7-2)13-17(15,16)11-8(3)12-14(5)9(11)4/h10,13H,6-7H2,1-5H3. The van der Waals surface area contributed by atoms with Crippen molar-refractivity contribution in [3.63, 3.8) is 0 Å². The lowest BCUT2D eigenvalue weighted by Crippen LogP contribution is -2.34. The van der Waals surface area contributed by atoms with Gasteiger partial charge in [-0.25, -0.2) is 13.1 Å². The highest BCUT2D eigenvalue weighted by molar-refractivity contribution is 7.89. The molecule has 17 heavy (non-hydrogen) atoms. The molecule has 1 rings (SSSR count). The number of nitrogens with zero attached hydrogens (tertiary/aromatic N) is 2. The van der Waals surface area contributed by atoms with Crippen molar-refractivity contribution in [1.82, 2.24) is 14.5 Å². The Bertz CT molecular complexity index is 487. The first-order valence-electron chi connectivity index (χ1n) is 5.86. The number of nitrogens with one attached hydrogen (secondary N) is 1. The first-order chi connectivity index (χ1) is 7.83. The number of aryl methyl sites for hydroxylation is 2. The van der Waals surface area contributed by atoms with Gasteiger partial charge in [-0.3, -0.25) is 4.68 Å². The molecular formula is C11H21N3O2S. The molecule has 5 nitrogen and oxygen atoms in total. The third-order valence-electron chi connectivity index (χ3n) is 3.02. The third kappa shape index (κ3) is 2.87. The largest absolute Gasteiger partial charge is 0.271 e. The van der Waals surface area contributed by atoms with Crippen molar-refractivity contribution in [2.45, 2.75) is 51.5 Å². The van der Waals surface area contributed by atoms with E-state index in [0.29, 0.717) is 16.3 Å². The number of aromatic nitrogens is 2. The molecule has 0 aromatic carbocycles. The summed E-state index contributed by atoms with van der Waals surface area (Å²) in [5, 5.41) is 4.13. The number of sulfonamides is 1. The number of hydrogen-bond acceptors (Lipinski definition) is 3. The van der Waals surface area contributed by atoms with Gasteiger partial charge in [-0.05, 0) is 26.7 Å². The fourth-order valence-electron chi connectivity index (χ4n) is 1.88. The topological polar surface area (TPSA) is 64.0 Å². The Labute approximate surface area is 103 Å². The molecule has 1 N–H and O–H groups in total. The van der Waals surface area contributed by atoms with Crippen molar-refractivity contribution >= 4 is 10.0 Å². The van der Waals surface area contributed by atoms with Crippen LogP contribution in [0.3, 0.4) is 0 Å². The minimum absolute atomic E-state index is 0.0148. The molecule has 0 amide bonds. The van der Waals surface area contributed by atoms with E-state index in [4.69, 9.17) is 0 Å². The van der Waals surface area contributed by atoms with Gasteiger partial charge in [0.1, 0.15) is 4.90 Å². The van der Waals surface area contributed by atoms with E-state index in [-0.39, 0.29) is 6.04 Å². The van der Waals surface area contributed by atoms with Crippen LogP contribution in [-0.2, 0) is 17.1 Å². The molecule has 1 aromatic heterocycles. The molecule has 0 unspecified atom stereocenters. The highest BCUT2D eigenvalue weighted by atomic mass is 32.2. The Morgan fingerprint density at radius 2 is 1.82 bits per heavy atom. The molecule has 0 bridgehead atoms. The molecule has 0 atom stereocenters. The van der Waals surface area contributed by atoms with E-state index >= 15 is 0 Å². The lowest BCUT2D eigenvalue weighted by atomic mass is 10.2. The predicted molar refractivity (Wildman–Crippen MR) is 67.4 cm³/mol. The third-order valence-corrected chi connectivity index (χ3v) is 4.79. The fraction of sp³-hybridized carbons (Fsp3) is 0.727. The van der Waals surface area contributed by atoms with Crippen LogP contribution in [0.2, 0.25) is 0 Å². The van der Waals surface area contributed by atoms with E-state index in [1.807, 2.05) is 13.8 Å². The first-order valence-corrected chi connectivity index (χ1v) is 7.34. The Balaban J connectivity index is 3.13. The molecule has 1 heterocycles. The van der Waals surface area contributed by atoms with Crippen LogP contribution < -0.4 is 4.72 Å². The van der Waals surface area contributed by atoms with Gasteiger partial charge in [-0.15, -0.1) is 0 Å². The monoisotopic (exact) mass is 259 g/mol. The fourth-order valence-corrected chi connectivity index (χ4v) is 3.72.